The molecule has 0 spiro atoms. The molecule has 1 aliphatic rings. The molecule has 5 heteroatoms. The Labute approximate surface area is 105 Å². The van der Waals surface area contributed by atoms with Crippen molar-refractivity contribution >= 4 is 0 Å². The van der Waals surface area contributed by atoms with Gasteiger partial charge in [0.1, 0.15) is 5.75 Å². The largest absolute Gasteiger partial charge is 0.508 e. The van der Waals surface area contributed by atoms with Crippen LogP contribution in [0.4, 0.5) is 0 Å². The van der Waals surface area contributed by atoms with Crippen LogP contribution in [-0.2, 0) is 6.42 Å². The zero-order valence-corrected chi connectivity index (χ0v) is 9.97. The van der Waals surface area contributed by atoms with Gasteiger partial charge in [0.05, 0.1) is 0 Å². The van der Waals surface area contributed by atoms with Crippen molar-refractivity contribution in [2.45, 2.75) is 25.3 Å². The fourth-order valence-corrected chi connectivity index (χ4v) is 2.21. The number of hydrogen-bond acceptors (Lipinski definition) is 5. The predicted molar refractivity (Wildman–Crippen MR) is 66.1 cm³/mol. The summed E-state index contributed by atoms with van der Waals surface area (Å²) in [6, 6.07) is 7.24. The summed E-state index contributed by atoms with van der Waals surface area (Å²) in [5.74, 6) is 1.47. The van der Waals surface area contributed by atoms with Crippen LogP contribution in [0.1, 0.15) is 18.7 Å². The highest BCUT2D eigenvalue weighted by atomic mass is 16.5. The molecule has 1 fully saturated rings. The molecule has 1 atom stereocenters. The fourth-order valence-electron chi connectivity index (χ4n) is 2.21. The van der Waals surface area contributed by atoms with Gasteiger partial charge >= 0.3 is 0 Å². The quantitative estimate of drug-likeness (QED) is 0.861. The first-order valence-electron chi connectivity index (χ1n) is 6.16. The molecule has 2 N–H and O–H groups in total. The lowest BCUT2D eigenvalue weighted by Crippen LogP contribution is -2.23. The van der Waals surface area contributed by atoms with E-state index in [0.717, 1.165) is 24.9 Å². The number of phenolic OH excluding ortho intramolecular Hbond substituents is 1. The molecular formula is C13H15N3O2. The average molecular weight is 245 g/mol. The molecule has 2 aromatic rings. The van der Waals surface area contributed by atoms with Crippen molar-refractivity contribution < 1.29 is 9.63 Å². The molecule has 0 radical (unpaired) electrons. The van der Waals surface area contributed by atoms with Crippen LogP contribution in [0.15, 0.2) is 28.8 Å². The monoisotopic (exact) mass is 245 g/mol. The Morgan fingerprint density at radius 2 is 2.17 bits per heavy atom. The second-order valence-corrected chi connectivity index (χ2v) is 4.56. The van der Waals surface area contributed by atoms with E-state index >= 15 is 0 Å². The predicted octanol–water partition coefficient (Wildman–Crippen LogP) is 1.74. The molecule has 0 aliphatic carbocycles. The Morgan fingerprint density at radius 1 is 1.33 bits per heavy atom. The Morgan fingerprint density at radius 3 is 2.89 bits per heavy atom. The van der Waals surface area contributed by atoms with Crippen molar-refractivity contribution in [3.05, 3.63) is 30.2 Å². The van der Waals surface area contributed by atoms with Gasteiger partial charge < -0.3 is 14.9 Å². The van der Waals surface area contributed by atoms with Gasteiger partial charge in [-0.15, -0.1) is 0 Å². The van der Waals surface area contributed by atoms with E-state index in [2.05, 4.69) is 15.5 Å². The highest BCUT2D eigenvalue weighted by Gasteiger charge is 2.18. The van der Waals surface area contributed by atoms with Crippen LogP contribution in [-0.4, -0.2) is 27.8 Å². The number of benzene rings is 1. The maximum absolute atomic E-state index is 9.23. The molecule has 1 aromatic heterocycles. The van der Waals surface area contributed by atoms with E-state index in [-0.39, 0.29) is 5.75 Å². The van der Waals surface area contributed by atoms with Gasteiger partial charge in [-0.25, -0.2) is 0 Å². The van der Waals surface area contributed by atoms with E-state index in [1.807, 2.05) is 0 Å². The maximum Gasteiger partial charge on any atom is 0.228 e. The number of aromatic nitrogens is 2. The van der Waals surface area contributed by atoms with Crippen molar-refractivity contribution in [2.75, 3.05) is 6.54 Å². The fraction of sp³-hybridized carbons (Fsp3) is 0.385. The topological polar surface area (TPSA) is 71.2 Å². The van der Waals surface area contributed by atoms with Gasteiger partial charge in [0.2, 0.25) is 11.7 Å². The molecule has 18 heavy (non-hydrogen) atoms. The van der Waals surface area contributed by atoms with E-state index in [4.69, 9.17) is 4.52 Å². The third-order valence-corrected chi connectivity index (χ3v) is 3.18. The van der Waals surface area contributed by atoms with Gasteiger partial charge in [-0.2, -0.15) is 4.98 Å². The SMILES string of the molecule is Oc1ccc(-c2noc(CC3CCCN3)n2)cc1. The highest BCUT2D eigenvalue weighted by Crippen LogP contribution is 2.20. The minimum atomic E-state index is 0.234. The van der Waals surface area contributed by atoms with Crippen LogP contribution >= 0.6 is 0 Å². The molecule has 2 heterocycles. The van der Waals surface area contributed by atoms with Crippen LogP contribution in [0.5, 0.6) is 5.75 Å². The van der Waals surface area contributed by atoms with E-state index in [9.17, 15) is 5.11 Å². The van der Waals surface area contributed by atoms with E-state index in [0.29, 0.717) is 17.8 Å². The van der Waals surface area contributed by atoms with Gasteiger partial charge in [-0.3, -0.25) is 0 Å². The molecule has 3 rings (SSSR count). The summed E-state index contributed by atoms with van der Waals surface area (Å²) >= 11 is 0. The average Bonchev–Trinajstić information content (AvgIpc) is 3.02. The van der Waals surface area contributed by atoms with Crippen molar-refractivity contribution in [3.8, 4) is 17.1 Å². The zero-order chi connectivity index (χ0) is 12.4. The van der Waals surface area contributed by atoms with Gasteiger partial charge in [0.15, 0.2) is 0 Å². The smallest absolute Gasteiger partial charge is 0.228 e. The maximum atomic E-state index is 9.23. The lowest BCUT2D eigenvalue weighted by molar-refractivity contribution is 0.364. The number of nitrogens with one attached hydrogen (secondary N) is 1. The lowest BCUT2D eigenvalue weighted by Gasteiger charge is -2.04. The minimum Gasteiger partial charge on any atom is -0.508 e. The summed E-state index contributed by atoms with van der Waals surface area (Å²) in [5, 5.41) is 16.6. The normalized spacial score (nSPS) is 19.2. The summed E-state index contributed by atoms with van der Waals surface area (Å²) in [7, 11) is 0. The first-order chi connectivity index (χ1) is 8.81. The van der Waals surface area contributed by atoms with Crippen LogP contribution < -0.4 is 5.32 Å². The summed E-state index contributed by atoms with van der Waals surface area (Å²) in [5.41, 5.74) is 0.849. The molecule has 1 aromatic carbocycles. The summed E-state index contributed by atoms with van der Waals surface area (Å²) in [4.78, 5) is 4.37. The van der Waals surface area contributed by atoms with Crippen molar-refractivity contribution in [1.82, 2.24) is 15.5 Å². The molecule has 5 nitrogen and oxygen atoms in total. The molecule has 0 amide bonds. The lowest BCUT2D eigenvalue weighted by atomic mass is 10.1. The van der Waals surface area contributed by atoms with Crippen molar-refractivity contribution in [3.63, 3.8) is 0 Å². The summed E-state index contributed by atoms with van der Waals surface area (Å²) in [6.45, 7) is 1.07. The third kappa shape index (κ3) is 2.36. The third-order valence-electron chi connectivity index (χ3n) is 3.18. The van der Waals surface area contributed by atoms with E-state index in [1.54, 1.807) is 24.3 Å². The molecule has 0 saturated carbocycles. The van der Waals surface area contributed by atoms with Crippen LogP contribution in [0.2, 0.25) is 0 Å². The van der Waals surface area contributed by atoms with Crippen molar-refractivity contribution in [2.24, 2.45) is 0 Å². The Bertz CT molecular complexity index is 515. The zero-order valence-electron chi connectivity index (χ0n) is 9.97. The second-order valence-electron chi connectivity index (χ2n) is 4.56. The second kappa shape index (κ2) is 4.78. The Balaban J connectivity index is 1.74. The first kappa shape index (κ1) is 11.2. The van der Waals surface area contributed by atoms with E-state index in [1.165, 1.54) is 6.42 Å². The van der Waals surface area contributed by atoms with Crippen molar-refractivity contribution in [1.29, 1.82) is 0 Å². The van der Waals surface area contributed by atoms with Crippen LogP contribution in [0.25, 0.3) is 11.4 Å². The molecule has 1 saturated heterocycles. The van der Waals surface area contributed by atoms with Gasteiger partial charge in [-0.05, 0) is 43.7 Å². The molecular weight excluding hydrogens is 230 g/mol. The summed E-state index contributed by atoms with van der Waals surface area (Å²) in [6.07, 6.45) is 3.16. The van der Waals surface area contributed by atoms with Crippen LogP contribution in [0.3, 0.4) is 0 Å². The number of rotatable bonds is 3. The molecule has 94 valence electrons. The number of aromatic hydroxyl groups is 1. The van der Waals surface area contributed by atoms with Gasteiger partial charge in [0, 0.05) is 18.0 Å². The van der Waals surface area contributed by atoms with Crippen LogP contribution in [0, 0.1) is 0 Å². The number of hydrogen-bond donors (Lipinski definition) is 2. The van der Waals surface area contributed by atoms with E-state index < -0.39 is 0 Å². The standard InChI is InChI=1S/C13H15N3O2/c17-11-5-3-9(4-6-11)13-15-12(18-16-13)8-10-2-1-7-14-10/h3-6,10,14,17H,1-2,7-8H2. The van der Waals surface area contributed by atoms with Gasteiger partial charge in [-0.1, -0.05) is 5.16 Å². The minimum absolute atomic E-state index is 0.234. The first-order valence-corrected chi connectivity index (χ1v) is 6.16. The summed E-state index contributed by atoms with van der Waals surface area (Å²) < 4.78 is 5.25. The molecule has 1 unspecified atom stereocenters. The molecule has 0 bridgehead atoms. The highest BCUT2D eigenvalue weighted by molar-refractivity contribution is 5.55. The number of phenols is 1. The van der Waals surface area contributed by atoms with Gasteiger partial charge in [0.25, 0.3) is 0 Å². The Kier molecular flexibility index (Phi) is 2.98. The Hall–Kier alpha value is -1.88. The molecule has 1 aliphatic heterocycles. The number of nitrogens with zero attached hydrogens (tertiary/aromatic N) is 2.